The lowest BCUT2D eigenvalue weighted by atomic mass is 9.86. The highest BCUT2D eigenvalue weighted by molar-refractivity contribution is 7.86. The van der Waals surface area contributed by atoms with Gasteiger partial charge in [-0.1, -0.05) is 495 Å². The summed E-state index contributed by atoms with van der Waals surface area (Å²) < 4.78 is 58.6. The third kappa shape index (κ3) is 21.6. The van der Waals surface area contributed by atoms with Crippen molar-refractivity contribution in [2.45, 2.75) is 151 Å². The van der Waals surface area contributed by atoms with Crippen LogP contribution in [0.15, 0.2) is 400 Å². The molecule has 15 aromatic carbocycles. The maximum Gasteiger partial charge on any atom is 0.171 e. The van der Waals surface area contributed by atoms with Crippen molar-refractivity contribution in [2.24, 2.45) is 5.41 Å². The molecule has 0 amide bonds. The van der Waals surface area contributed by atoms with E-state index in [0.29, 0.717) is 0 Å². The third-order valence-corrected chi connectivity index (χ3v) is 36.4. The van der Waals surface area contributed by atoms with Gasteiger partial charge in [0.05, 0.1) is 16.6 Å². The SMILES string of the molecule is CC(C)(C)/C=C/c1ccccc1.CC(C)(C)P(=O)(c1ccccc1)c1ccc2ccccc2c1.CC(C)(C)P(=O)(c1ccccc1)c1ccccc1.CC(C)(C)c1ccc(P(=O)(c2ccccc2)c2ccccc2)cc1.CC(C)(C)c1ccc2cc(P(=O)(c3ccccc3)c3ccccc3)ccc2c1.CC(C)(C)c1nc2ccccc2c2nc3ccccc3n12. The zero-order valence-electron chi connectivity index (χ0n) is 75.9. The van der Waals surface area contributed by atoms with Gasteiger partial charge < -0.3 is 18.3 Å². The predicted octanol–water partition coefficient (Wildman–Crippen LogP) is 27.2. The minimum Gasteiger partial charge on any atom is -0.313 e. The summed E-state index contributed by atoms with van der Waals surface area (Å²) in [6, 6.07) is 131. The van der Waals surface area contributed by atoms with E-state index in [1.165, 1.54) is 27.5 Å². The standard InChI is InChI=1S/C26H25OP.C22H23OP.C20H21OP.C18H17N3.C16H19OP.C12H16/c1-26(2,3)22-16-14-21-19-25(17-15-20(21)18-22)28(27,23-10-6-4-7-11-23)24-12-8-5-9-13-24;1-22(2,3)18-14-16-21(17-15-18)24(23,19-10-6-4-7-11-19)20-12-8-5-9-13-20;1-20(2,3)22(21,18-11-5-4-6-12-18)19-14-13-16-9-7-8-10-17(16)15-19;1-18(2,3)17-20-13-9-5-4-8-12(13)16-19-14-10-6-7-11-15(14)21(16)17;1-16(2,3)18(17,14-10-6-4-7-11-14)15-12-8-5-9-13-15;1-12(2,3)10-9-11-7-5-4-6-8-11/h4-19H,1-3H3;4-17H,1-3H3;4-15H,1-3H3;4-11H,1-3H3;4-13H,1-3H3;4-10H,1-3H3/b;;;;;10-9+. The first-order valence-electron chi connectivity index (χ1n) is 43.2. The highest BCUT2D eigenvalue weighted by atomic mass is 31.2. The van der Waals surface area contributed by atoms with Crippen LogP contribution in [0.5, 0.6) is 0 Å². The maximum atomic E-state index is 14.5. The normalized spacial score (nSPS) is 12.7. The van der Waals surface area contributed by atoms with Crippen molar-refractivity contribution < 1.29 is 18.3 Å². The van der Waals surface area contributed by atoms with E-state index in [2.05, 4.69) is 242 Å². The lowest BCUT2D eigenvalue weighted by Crippen LogP contribution is -2.30. The number of nitrogens with zero attached hydrogens (tertiary/aromatic N) is 3. The third-order valence-electron chi connectivity index (χ3n) is 22.4. The number of benzene rings is 15. The van der Waals surface area contributed by atoms with E-state index in [1.807, 2.05) is 294 Å². The average Bonchev–Trinajstić information content (AvgIpc) is 1.38. The summed E-state index contributed by atoms with van der Waals surface area (Å²) in [5.41, 5.74) is 8.38. The van der Waals surface area contributed by atoms with Crippen molar-refractivity contribution >= 4 is 137 Å². The molecule has 7 nitrogen and oxygen atoms in total. The number of para-hydroxylation sites is 3. The first-order chi connectivity index (χ1) is 59.3. The number of rotatable bonds is 11. The molecule has 0 aliphatic heterocycles. The molecule has 0 fully saturated rings. The fraction of sp³-hybridized carbons (Fsp3) is 0.211. The summed E-state index contributed by atoms with van der Waals surface area (Å²) in [5, 5.41) is 14.1. The molecule has 17 aromatic rings. The van der Waals surface area contributed by atoms with Gasteiger partial charge in [0.25, 0.3) is 0 Å². The lowest BCUT2D eigenvalue weighted by molar-refractivity contribution is 0.542. The van der Waals surface area contributed by atoms with Gasteiger partial charge in [-0.2, -0.15) is 0 Å². The van der Waals surface area contributed by atoms with Crippen LogP contribution in [0, 0.1) is 5.41 Å². The van der Waals surface area contributed by atoms with Crippen molar-refractivity contribution in [1.82, 2.24) is 14.4 Å². The van der Waals surface area contributed by atoms with Gasteiger partial charge in [0.1, 0.15) is 25.8 Å². The summed E-state index contributed by atoms with van der Waals surface area (Å²) in [4.78, 5) is 9.76. The molecule has 0 saturated heterocycles. The Labute approximate surface area is 743 Å². The zero-order chi connectivity index (χ0) is 89.6. The first-order valence-corrected chi connectivity index (χ1v) is 50.0. The van der Waals surface area contributed by atoms with Gasteiger partial charge in [-0.3, -0.25) is 4.40 Å². The first kappa shape index (κ1) is 92.8. The van der Waals surface area contributed by atoms with Gasteiger partial charge in [-0.05, 0) is 90.9 Å². The monoisotopic (exact) mass is 1720 g/mol. The van der Waals surface area contributed by atoms with Crippen molar-refractivity contribution in [1.29, 1.82) is 0 Å². The second kappa shape index (κ2) is 39.0. The highest BCUT2D eigenvalue weighted by Crippen LogP contribution is 2.57. The summed E-state index contributed by atoms with van der Waals surface area (Å²) in [7, 11) is -11.1. The summed E-state index contributed by atoms with van der Waals surface area (Å²) in [6.45, 7) is 38.8. The van der Waals surface area contributed by atoms with E-state index in [4.69, 9.17) is 9.97 Å². The van der Waals surface area contributed by atoms with Gasteiger partial charge in [0.2, 0.25) is 0 Å². The van der Waals surface area contributed by atoms with E-state index < -0.39 is 28.6 Å². The van der Waals surface area contributed by atoms with E-state index in [0.717, 1.165) is 97.2 Å². The van der Waals surface area contributed by atoms with Crippen LogP contribution in [0.25, 0.3) is 55.2 Å². The Morgan fingerprint density at radius 2 is 0.568 bits per heavy atom. The number of fused-ring (bicyclic) bond motifs is 7. The van der Waals surface area contributed by atoms with Crippen LogP contribution >= 0.6 is 28.6 Å². The Balaban J connectivity index is 0.000000139. The molecule has 17 rings (SSSR count). The molecule has 1 atom stereocenters. The van der Waals surface area contributed by atoms with Crippen LogP contribution in [-0.4, -0.2) is 24.7 Å². The van der Waals surface area contributed by atoms with Crippen LogP contribution < -0.4 is 53.0 Å². The molecule has 1 unspecified atom stereocenters. The fourth-order valence-electron chi connectivity index (χ4n) is 15.4. The highest BCUT2D eigenvalue weighted by Gasteiger charge is 2.41. The van der Waals surface area contributed by atoms with E-state index in [-0.39, 0.29) is 32.0 Å². The largest absolute Gasteiger partial charge is 0.313 e. The van der Waals surface area contributed by atoms with Gasteiger partial charge >= 0.3 is 0 Å². The molecular weight excluding hydrogens is 1600 g/mol. The Kier molecular flexibility index (Phi) is 29.0. The van der Waals surface area contributed by atoms with Crippen molar-refractivity contribution in [3.63, 3.8) is 0 Å². The van der Waals surface area contributed by atoms with Crippen LogP contribution in [0.1, 0.15) is 147 Å². The molecule has 0 aliphatic rings. The lowest BCUT2D eigenvalue weighted by Gasteiger charge is -2.32. The zero-order valence-corrected chi connectivity index (χ0v) is 79.5. The Bertz CT molecular complexity index is 6550. The van der Waals surface area contributed by atoms with Crippen molar-refractivity contribution in [3.8, 4) is 0 Å². The Hall–Kier alpha value is -11.4. The number of allylic oxidation sites excluding steroid dienone is 1. The van der Waals surface area contributed by atoms with Crippen LogP contribution in [0.3, 0.4) is 0 Å². The number of imidazole rings is 1. The summed E-state index contributed by atoms with van der Waals surface area (Å²) in [6.07, 6.45) is 4.39. The molecule has 0 N–H and O–H groups in total. The Morgan fingerprint density at radius 3 is 1.00 bits per heavy atom. The molecule has 0 spiro atoms. The van der Waals surface area contributed by atoms with Crippen LogP contribution in [0.4, 0.5) is 0 Å². The number of aromatic nitrogens is 3. The molecule has 0 radical (unpaired) electrons. The fourth-order valence-corrected chi connectivity index (χ4v) is 26.8. The number of hydrogen-bond acceptors (Lipinski definition) is 6. The average molecular weight is 1720 g/mol. The van der Waals surface area contributed by atoms with Crippen LogP contribution in [-0.2, 0) is 34.5 Å². The minimum atomic E-state index is -2.93. The van der Waals surface area contributed by atoms with Gasteiger partial charge in [0.15, 0.2) is 14.3 Å². The molecule has 2 heterocycles. The smallest absolute Gasteiger partial charge is 0.171 e. The maximum absolute atomic E-state index is 14.5. The van der Waals surface area contributed by atoms with Gasteiger partial charge in [-0.25, -0.2) is 9.97 Å². The second-order valence-electron chi connectivity index (χ2n) is 38.0. The summed E-state index contributed by atoms with van der Waals surface area (Å²) >= 11 is 0. The van der Waals surface area contributed by atoms with Crippen LogP contribution in [0.2, 0.25) is 0 Å². The number of hydrogen-bond donors (Lipinski definition) is 0. The van der Waals surface area contributed by atoms with E-state index in [9.17, 15) is 18.3 Å². The summed E-state index contributed by atoms with van der Waals surface area (Å²) in [5.74, 6) is 1.05. The topological polar surface area (TPSA) is 98.5 Å². The molecule has 2 aromatic heterocycles. The van der Waals surface area contributed by atoms with Gasteiger partial charge in [-0.15, -0.1) is 0 Å². The van der Waals surface area contributed by atoms with E-state index in [1.54, 1.807) is 0 Å². The quantitative estimate of drug-likeness (QED) is 0.120. The molecule has 0 saturated carbocycles. The molecule has 11 heteroatoms. The Morgan fingerprint density at radius 1 is 0.256 bits per heavy atom. The van der Waals surface area contributed by atoms with E-state index >= 15 is 0 Å². The molecular formula is C114H121N3O4P4. The molecule has 636 valence electrons. The molecule has 125 heavy (non-hydrogen) atoms. The van der Waals surface area contributed by atoms with Gasteiger partial charge in [0, 0.05) is 74.2 Å². The molecule has 0 bridgehead atoms. The van der Waals surface area contributed by atoms with Crippen molar-refractivity contribution in [3.05, 3.63) is 423 Å². The predicted molar refractivity (Wildman–Crippen MR) is 545 cm³/mol. The second-order valence-corrected chi connectivity index (χ2v) is 50.7. The molecule has 0 aliphatic carbocycles. The van der Waals surface area contributed by atoms with Crippen molar-refractivity contribution in [2.75, 3.05) is 0 Å². The minimum absolute atomic E-state index is 0.0498.